The summed E-state index contributed by atoms with van der Waals surface area (Å²) < 4.78 is 38.0. The summed E-state index contributed by atoms with van der Waals surface area (Å²) in [7, 11) is -0.433. The summed E-state index contributed by atoms with van der Waals surface area (Å²) in [6.45, 7) is 6.65. The quantitative estimate of drug-likeness (QED) is 0.697. The molecule has 0 radical (unpaired) electrons. The summed E-state index contributed by atoms with van der Waals surface area (Å²) in [5.74, 6) is 1.56. The van der Waals surface area contributed by atoms with Crippen molar-refractivity contribution in [3.8, 4) is 11.5 Å². The van der Waals surface area contributed by atoms with Gasteiger partial charge in [0.15, 0.2) is 11.5 Å². The number of nitrogens with zero attached hydrogens (tertiary/aromatic N) is 1. The second-order valence-corrected chi connectivity index (χ2v) is 8.28. The molecule has 0 saturated carbocycles. The highest BCUT2D eigenvalue weighted by Gasteiger charge is 2.23. The van der Waals surface area contributed by atoms with Crippen LogP contribution in [0.3, 0.4) is 0 Å². The number of ether oxygens (including phenoxy) is 2. The molecule has 142 valence electrons. The van der Waals surface area contributed by atoms with E-state index in [1.807, 2.05) is 25.1 Å². The molecule has 0 N–H and O–H groups in total. The average molecular weight is 378 g/mol. The molecule has 0 aliphatic heterocycles. The Kier molecular flexibility index (Phi) is 6.67. The van der Waals surface area contributed by atoms with Crippen LogP contribution in [0.25, 0.3) is 0 Å². The topological polar surface area (TPSA) is 55.8 Å². The Morgan fingerprint density at radius 3 is 2.08 bits per heavy atom. The van der Waals surface area contributed by atoms with E-state index >= 15 is 0 Å². The Labute approximate surface area is 156 Å². The molecule has 0 fully saturated rings. The maximum atomic E-state index is 13.0. The fourth-order valence-electron chi connectivity index (χ4n) is 2.72. The molecule has 0 bridgehead atoms. The normalized spacial score (nSPS) is 11.8. The van der Waals surface area contributed by atoms with Crippen LogP contribution < -0.4 is 9.47 Å². The van der Waals surface area contributed by atoms with Crippen molar-refractivity contribution < 1.29 is 17.9 Å². The first-order valence-electron chi connectivity index (χ1n) is 8.64. The monoisotopic (exact) mass is 377 g/mol. The largest absolute Gasteiger partial charge is 0.493 e. The van der Waals surface area contributed by atoms with Gasteiger partial charge in [0, 0.05) is 13.1 Å². The van der Waals surface area contributed by atoms with Crippen LogP contribution in [0.2, 0.25) is 0 Å². The van der Waals surface area contributed by atoms with Gasteiger partial charge in [0.1, 0.15) is 0 Å². The predicted octanol–water partition coefficient (Wildman–Crippen LogP) is 4.04. The van der Waals surface area contributed by atoms with E-state index in [0.29, 0.717) is 28.9 Å². The van der Waals surface area contributed by atoms with Crippen molar-refractivity contribution in [3.63, 3.8) is 0 Å². The van der Waals surface area contributed by atoms with Crippen LogP contribution in [0.5, 0.6) is 11.5 Å². The Morgan fingerprint density at radius 1 is 0.962 bits per heavy atom. The number of benzene rings is 2. The first-order valence-corrected chi connectivity index (χ1v) is 10.1. The predicted molar refractivity (Wildman–Crippen MR) is 103 cm³/mol. The van der Waals surface area contributed by atoms with Crippen LogP contribution in [-0.2, 0) is 16.6 Å². The molecule has 2 aromatic rings. The van der Waals surface area contributed by atoms with Gasteiger partial charge in [0.25, 0.3) is 0 Å². The van der Waals surface area contributed by atoms with Crippen LogP contribution in [-0.4, -0.2) is 33.5 Å². The molecule has 0 saturated heterocycles. The standard InChI is InChI=1S/C20H27NO4S/c1-6-21(14-16-7-12-19(24-4)20(13-16)25-5)26(22,23)18-10-8-17(9-11-18)15(2)3/h7-13,15H,6,14H2,1-5H3. The molecule has 0 atom stereocenters. The van der Waals surface area contributed by atoms with E-state index < -0.39 is 10.0 Å². The molecule has 0 heterocycles. The van der Waals surface area contributed by atoms with Crippen molar-refractivity contribution in [3.05, 3.63) is 53.6 Å². The summed E-state index contributed by atoms with van der Waals surface area (Å²) in [5, 5.41) is 0. The summed E-state index contributed by atoms with van der Waals surface area (Å²) in [6.07, 6.45) is 0. The Morgan fingerprint density at radius 2 is 1.58 bits per heavy atom. The minimum absolute atomic E-state index is 0.269. The van der Waals surface area contributed by atoms with Gasteiger partial charge in [-0.25, -0.2) is 8.42 Å². The lowest BCUT2D eigenvalue weighted by molar-refractivity contribution is 0.353. The van der Waals surface area contributed by atoms with E-state index in [1.54, 1.807) is 38.5 Å². The molecule has 26 heavy (non-hydrogen) atoms. The molecule has 0 spiro atoms. The van der Waals surface area contributed by atoms with Gasteiger partial charge in [0.2, 0.25) is 10.0 Å². The van der Waals surface area contributed by atoms with E-state index in [4.69, 9.17) is 9.47 Å². The fourth-order valence-corrected chi connectivity index (χ4v) is 4.16. The van der Waals surface area contributed by atoms with E-state index in [2.05, 4.69) is 13.8 Å². The van der Waals surface area contributed by atoms with Crippen LogP contribution in [0.1, 0.15) is 37.8 Å². The van der Waals surface area contributed by atoms with Gasteiger partial charge in [-0.1, -0.05) is 39.0 Å². The molecular formula is C20H27NO4S. The highest BCUT2D eigenvalue weighted by Crippen LogP contribution is 2.29. The van der Waals surface area contributed by atoms with Crippen LogP contribution in [0.4, 0.5) is 0 Å². The number of methoxy groups -OCH3 is 2. The zero-order valence-electron chi connectivity index (χ0n) is 16.0. The molecule has 0 amide bonds. The molecule has 6 heteroatoms. The summed E-state index contributed by atoms with van der Waals surface area (Å²) in [4.78, 5) is 0.309. The minimum Gasteiger partial charge on any atom is -0.493 e. The second kappa shape index (κ2) is 8.56. The van der Waals surface area contributed by atoms with Gasteiger partial charge < -0.3 is 9.47 Å². The van der Waals surface area contributed by atoms with E-state index in [-0.39, 0.29) is 6.54 Å². The maximum Gasteiger partial charge on any atom is 0.243 e. The molecule has 5 nitrogen and oxygen atoms in total. The molecule has 0 unspecified atom stereocenters. The van der Waals surface area contributed by atoms with Crippen LogP contribution in [0.15, 0.2) is 47.4 Å². The van der Waals surface area contributed by atoms with Crippen molar-refractivity contribution in [2.75, 3.05) is 20.8 Å². The minimum atomic E-state index is -3.57. The zero-order valence-corrected chi connectivity index (χ0v) is 16.8. The molecule has 2 aromatic carbocycles. The van der Waals surface area contributed by atoms with Crippen molar-refractivity contribution >= 4 is 10.0 Å². The molecule has 0 aromatic heterocycles. The van der Waals surface area contributed by atoms with Gasteiger partial charge in [-0.05, 0) is 41.3 Å². The van der Waals surface area contributed by atoms with Gasteiger partial charge in [0.05, 0.1) is 19.1 Å². The summed E-state index contributed by atoms with van der Waals surface area (Å²) >= 11 is 0. The van der Waals surface area contributed by atoms with Gasteiger partial charge in [-0.2, -0.15) is 4.31 Å². The van der Waals surface area contributed by atoms with E-state index in [9.17, 15) is 8.42 Å². The van der Waals surface area contributed by atoms with Crippen molar-refractivity contribution in [2.24, 2.45) is 0 Å². The SMILES string of the molecule is CCN(Cc1ccc(OC)c(OC)c1)S(=O)(=O)c1ccc(C(C)C)cc1. The van der Waals surface area contributed by atoms with Crippen LogP contribution >= 0.6 is 0 Å². The number of hydrogen-bond donors (Lipinski definition) is 0. The fraction of sp³-hybridized carbons (Fsp3) is 0.400. The average Bonchev–Trinajstić information content (AvgIpc) is 2.65. The molecule has 0 aliphatic carbocycles. The summed E-state index contributed by atoms with van der Waals surface area (Å²) in [6, 6.07) is 12.6. The molecule has 0 aliphatic rings. The third-order valence-electron chi connectivity index (χ3n) is 4.34. The number of rotatable bonds is 8. The van der Waals surface area contributed by atoms with Gasteiger partial charge in [-0.3, -0.25) is 0 Å². The Hall–Kier alpha value is -2.05. The highest BCUT2D eigenvalue weighted by atomic mass is 32.2. The molecule has 2 rings (SSSR count). The zero-order chi connectivity index (χ0) is 19.3. The lowest BCUT2D eigenvalue weighted by Crippen LogP contribution is -2.30. The lowest BCUT2D eigenvalue weighted by atomic mass is 10.0. The maximum absolute atomic E-state index is 13.0. The third kappa shape index (κ3) is 4.37. The van der Waals surface area contributed by atoms with Crippen molar-refractivity contribution in [1.82, 2.24) is 4.31 Å². The Bertz CT molecular complexity index is 829. The smallest absolute Gasteiger partial charge is 0.243 e. The third-order valence-corrected chi connectivity index (χ3v) is 6.28. The second-order valence-electron chi connectivity index (χ2n) is 6.34. The van der Waals surface area contributed by atoms with Crippen molar-refractivity contribution in [2.45, 2.75) is 38.1 Å². The number of sulfonamides is 1. The van der Waals surface area contributed by atoms with E-state index in [0.717, 1.165) is 11.1 Å². The first-order chi connectivity index (χ1) is 12.3. The first kappa shape index (κ1) is 20.3. The van der Waals surface area contributed by atoms with Gasteiger partial charge in [-0.15, -0.1) is 0 Å². The van der Waals surface area contributed by atoms with Crippen molar-refractivity contribution in [1.29, 1.82) is 0 Å². The summed E-state index contributed by atoms with van der Waals surface area (Å²) in [5.41, 5.74) is 1.96. The van der Waals surface area contributed by atoms with Gasteiger partial charge >= 0.3 is 0 Å². The molecular weight excluding hydrogens is 350 g/mol. The Balaban J connectivity index is 2.29. The lowest BCUT2D eigenvalue weighted by Gasteiger charge is -2.21. The van der Waals surface area contributed by atoms with Crippen LogP contribution in [0, 0.1) is 0 Å². The van der Waals surface area contributed by atoms with E-state index in [1.165, 1.54) is 4.31 Å². The highest BCUT2D eigenvalue weighted by molar-refractivity contribution is 7.89. The number of hydrogen-bond acceptors (Lipinski definition) is 4.